The number of carbonyl (C=O) groups excluding carboxylic acids is 2. The van der Waals surface area contributed by atoms with E-state index in [-0.39, 0.29) is 24.5 Å². The second-order valence-electron chi connectivity index (χ2n) is 8.61. The van der Waals surface area contributed by atoms with Gasteiger partial charge in [-0.25, -0.2) is 4.98 Å². The summed E-state index contributed by atoms with van der Waals surface area (Å²) in [7, 11) is 5.15. The first-order valence-corrected chi connectivity index (χ1v) is 11.5. The summed E-state index contributed by atoms with van der Waals surface area (Å²) >= 11 is 0. The summed E-state index contributed by atoms with van der Waals surface area (Å²) in [6.07, 6.45) is 7.70. The Kier molecular flexibility index (Phi) is 7.54. The molecule has 2 amide bonds. The van der Waals surface area contributed by atoms with Crippen LogP contribution in [-0.2, 0) is 21.3 Å². The van der Waals surface area contributed by atoms with Crippen molar-refractivity contribution in [2.24, 2.45) is 7.05 Å². The fourth-order valence-corrected chi connectivity index (χ4v) is 4.35. The molecule has 0 spiro atoms. The number of nitrogens with zero attached hydrogens (tertiary/aromatic N) is 4. The molecule has 1 N–H and O–H groups in total. The highest BCUT2D eigenvalue weighted by Gasteiger charge is 2.23. The summed E-state index contributed by atoms with van der Waals surface area (Å²) in [5.41, 5.74) is 3.20. The highest BCUT2D eigenvalue weighted by Crippen LogP contribution is 2.30. The topological polar surface area (TPSA) is 98.6 Å². The van der Waals surface area contributed by atoms with Gasteiger partial charge in [0, 0.05) is 58.0 Å². The number of imidazole rings is 1. The summed E-state index contributed by atoms with van der Waals surface area (Å²) < 4.78 is 12.7. The minimum Gasteiger partial charge on any atom is -0.378 e. The number of hydrogen-bond donors (Lipinski definition) is 1. The number of methoxy groups -OCH3 is 1. The number of benzene rings is 1. The maximum atomic E-state index is 13.6. The molecular formula is C25H31N5O4. The molecule has 3 heterocycles. The minimum atomic E-state index is -0.298. The smallest absolute Gasteiger partial charge is 0.255 e. The van der Waals surface area contributed by atoms with E-state index >= 15 is 0 Å². The lowest BCUT2D eigenvalue weighted by molar-refractivity contribution is -0.119. The van der Waals surface area contributed by atoms with Crippen molar-refractivity contribution < 1.29 is 19.1 Å². The summed E-state index contributed by atoms with van der Waals surface area (Å²) in [4.78, 5) is 36.3. The number of carbonyl (C=O) groups is 2. The van der Waals surface area contributed by atoms with Gasteiger partial charge in [-0.3, -0.25) is 14.6 Å². The van der Waals surface area contributed by atoms with E-state index in [0.717, 1.165) is 31.4 Å². The molecule has 1 aliphatic heterocycles. The number of amides is 2. The van der Waals surface area contributed by atoms with Gasteiger partial charge in [-0.1, -0.05) is 0 Å². The minimum absolute atomic E-state index is 0.0763. The van der Waals surface area contributed by atoms with Crippen LogP contribution in [0.4, 0.5) is 5.69 Å². The zero-order valence-corrected chi connectivity index (χ0v) is 19.9. The number of aryl methyl sites for hydroxylation is 1. The van der Waals surface area contributed by atoms with Crippen LogP contribution in [0.3, 0.4) is 0 Å². The van der Waals surface area contributed by atoms with Crippen molar-refractivity contribution in [1.82, 2.24) is 19.4 Å². The Morgan fingerprint density at radius 1 is 1.26 bits per heavy atom. The monoisotopic (exact) mass is 465 g/mol. The zero-order valence-electron chi connectivity index (χ0n) is 19.9. The molecule has 1 aromatic carbocycles. The van der Waals surface area contributed by atoms with Gasteiger partial charge in [-0.15, -0.1) is 0 Å². The van der Waals surface area contributed by atoms with E-state index < -0.39 is 0 Å². The number of fused-ring (bicyclic) bond motifs is 1. The predicted molar refractivity (Wildman–Crippen MR) is 130 cm³/mol. The molecule has 1 saturated heterocycles. The highest BCUT2D eigenvalue weighted by molar-refractivity contribution is 6.08. The van der Waals surface area contributed by atoms with Gasteiger partial charge in [0.05, 0.1) is 22.7 Å². The highest BCUT2D eigenvalue weighted by atomic mass is 16.5. The number of ether oxygens (including phenoxy) is 2. The van der Waals surface area contributed by atoms with Crippen molar-refractivity contribution in [3.8, 4) is 11.4 Å². The van der Waals surface area contributed by atoms with Crippen LogP contribution in [0.5, 0.6) is 0 Å². The van der Waals surface area contributed by atoms with Gasteiger partial charge in [-0.05, 0) is 49.9 Å². The van der Waals surface area contributed by atoms with Gasteiger partial charge in [0.25, 0.3) is 5.91 Å². The Balaban J connectivity index is 1.69. The third-order valence-corrected chi connectivity index (χ3v) is 6.10. The van der Waals surface area contributed by atoms with Gasteiger partial charge in [0.1, 0.15) is 12.4 Å². The SMILES string of the molecule is COCC(=O)Nc1cc(C(=O)N(C)CCC2CCCCO2)c2c(c1)nc(-c1ccncc1)n2C. The third kappa shape index (κ3) is 5.26. The molecule has 9 nitrogen and oxygen atoms in total. The van der Waals surface area contributed by atoms with Crippen molar-refractivity contribution in [2.45, 2.75) is 31.8 Å². The Hall–Kier alpha value is -3.30. The number of anilines is 1. The van der Waals surface area contributed by atoms with E-state index in [0.29, 0.717) is 34.7 Å². The lowest BCUT2D eigenvalue weighted by Gasteiger charge is -2.25. The normalized spacial score (nSPS) is 15.9. The standard InChI is InChI=1S/C25H31N5O4/c1-29(12-9-19-6-4-5-13-34-19)25(32)20-14-18(27-22(31)16-33-3)15-21-23(20)30(2)24(28-21)17-7-10-26-11-8-17/h7-8,10-11,14-15,19H,4-6,9,12-13,16H2,1-3H3,(H,27,31). The Labute approximate surface area is 199 Å². The molecule has 4 rings (SSSR count). The number of aromatic nitrogens is 3. The molecule has 0 radical (unpaired) electrons. The Morgan fingerprint density at radius 3 is 2.76 bits per heavy atom. The average Bonchev–Trinajstić information content (AvgIpc) is 3.19. The Bertz CT molecular complexity index is 1160. The fourth-order valence-electron chi connectivity index (χ4n) is 4.35. The first kappa shape index (κ1) is 23.8. The van der Waals surface area contributed by atoms with Gasteiger partial charge in [0.2, 0.25) is 5.91 Å². The van der Waals surface area contributed by atoms with E-state index in [4.69, 9.17) is 14.5 Å². The number of hydrogen-bond acceptors (Lipinski definition) is 6. The van der Waals surface area contributed by atoms with Crippen molar-refractivity contribution in [1.29, 1.82) is 0 Å². The van der Waals surface area contributed by atoms with Crippen molar-refractivity contribution in [3.05, 3.63) is 42.2 Å². The fraction of sp³-hybridized carbons (Fsp3) is 0.440. The van der Waals surface area contributed by atoms with E-state index in [1.807, 2.05) is 23.7 Å². The van der Waals surface area contributed by atoms with Crippen LogP contribution in [0, 0.1) is 0 Å². The third-order valence-electron chi connectivity index (χ3n) is 6.10. The van der Waals surface area contributed by atoms with Gasteiger partial charge >= 0.3 is 0 Å². The molecule has 0 saturated carbocycles. The van der Waals surface area contributed by atoms with Crippen LogP contribution in [0.15, 0.2) is 36.7 Å². The largest absolute Gasteiger partial charge is 0.378 e. The van der Waals surface area contributed by atoms with E-state index in [1.54, 1.807) is 36.5 Å². The Morgan fingerprint density at radius 2 is 2.06 bits per heavy atom. The van der Waals surface area contributed by atoms with Gasteiger partial charge < -0.3 is 24.3 Å². The van der Waals surface area contributed by atoms with Crippen LogP contribution < -0.4 is 5.32 Å². The van der Waals surface area contributed by atoms with Gasteiger partial charge in [0.15, 0.2) is 0 Å². The molecule has 2 aromatic heterocycles. The molecule has 1 atom stereocenters. The van der Waals surface area contributed by atoms with E-state index in [9.17, 15) is 9.59 Å². The van der Waals surface area contributed by atoms with E-state index in [1.165, 1.54) is 13.5 Å². The molecule has 0 bridgehead atoms. The van der Waals surface area contributed by atoms with Gasteiger partial charge in [-0.2, -0.15) is 0 Å². The molecule has 1 fully saturated rings. The summed E-state index contributed by atoms with van der Waals surface area (Å²) in [6.45, 7) is 1.30. The van der Waals surface area contributed by atoms with Crippen LogP contribution in [0.2, 0.25) is 0 Å². The number of nitrogens with one attached hydrogen (secondary N) is 1. The van der Waals surface area contributed by atoms with Crippen molar-refractivity contribution >= 4 is 28.5 Å². The first-order valence-electron chi connectivity index (χ1n) is 11.5. The van der Waals surface area contributed by atoms with Crippen LogP contribution in [0.25, 0.3) is 22.4 Å². The molecule has 3 aromatic rings. The second kappa shape index (κ2) is 10.8. The van der Waals surface area contributed by atoms with Crippen LogP contribution >= 0.6 is 0 Å². The quantitative estimate of drug-likeness (QED) is 0.548. The molecular weight excluding hydrogens is 434 g/mol. The average molecular weight is 466 g/mol. The summed E-state index contributed by atoms with van der Waals surface area (Å²) in [6, 6.07) is 7.24. The molecule has 9 heteroatoms. The van der Waals surface area contributed by atoms with E-state index in [2.05, 4.69) is 10.3 Å². The maximum Gasteiger partial charge on any atom is 0.255 e. The van der Waals surface area contributed by atoms with Crippen LogP contribution in [0.1, 0.15) is 36.0 Å². The summed E-state index contributed by atoms with van der Waals surface area (Å²) in [5.74, 6) is 0.284. The van der Waals surface area contributed by atoms with Crippen molar-refractivity contribution in [2.75, 3.05) is 39.2 Å². The zero-order chi connectivity index (χ0) is 24.1. The number of rotatable bonds is 8. The summed E-state index contributed by atoms with van der Waals surface area (Å²) in [5, 5.41) is 2.81. The van der Waals surface area contributed by atoms with Crippen LogP contribution in [-0.4, -0.2) is 71.3 Å². The molecule has 180 valence electrons. The molecule has 0 aliphatic carbocycles. The predicted octanol–water partition coefficient (Wildman–Crippen LogP) is 3.25. The molecule has 34 heavy (non-hydrogen) atoms. The molecule has 1 unspecified atom stereocenters. The first-order chi connectivity index (χ1) is 16.5. The lowest BCUT2D eigenvalue weighted by Crippen LogP contribution is -2.32. The lowest BCUT2D eigenvalue weighted by atomic mass is 10.1. The van der Waals surface area contributed by atoms with Crippen molar-refractivity contribution in [3.63, 3.8) is 0 Å². The maximum absolute atomic E-state index is 13.6. The second-order valence-corrected chi connectivity index (χ2v) is 8.61. The molecule has 1 aliphatic rings. The number of pyridine rings is 1.